The van der Waals surface area contributed by atoms with Crippen molar-refractivity contribution in [2.24, 2.45) is 5.41 Å². The first-order chi connectivity index (χ1) is 14.1. The van der Waals surface area contributed by atoms with E-state index in [4.69, 9.17) is 23.2 Å². The molecule has 0 amide bonds. The fourth-order valence-corrected chi connectivity index (χ4v) is 3.40. The third-order valence-electron chi connectivity index (χ3n) is 4.56. The number of hydrogen-bond donors (Lipinski definition) is 1. The van der Waals surface area contributed by atoms with E-state index < -0.39 is 35.6 Å². The lowest BCUT2D eigenvalue weighted by atomic mass is 9.91. The third kappa shape index (κ3) is 5.54. The van der Waals surface area contributed by atoms with E-state index in [2.05, 4.69) is 23.2 Å². The quantitative estimate of drug-likeness (QED) is 0.442. The SMILES string of the molecule is C=C(CN(CC(C)(C)C(F)(F)F)C(=C)c1cn[nH]c1C(F)(F)F)c1c(Cl)cncc1Cl. The maximum absolute atomic E-state index is 13.5. The summed E-state index contributed by atoms with van der Waals surface area (Å²) >= 11 is 12.2. The summed E-state index contributed by atoms with van der Waals surface area (Å²) in [5.41, 5.74) is -3.91. The van der Waals surface area contributed by atoms with Gasteiger partial charge in [-0.15, -0.1) is 0 Å². The first-order valence-electron chi connectivity index (χ1n) is 8.65. The van der Waals surface area contributed by atoms with Crippen molar-refractivity contribution in [2.45, 2.75) is 26.2 Å². The van der Waals surface area contributed by atoms with Gasteiger partial charge in [0.2, 0.25) is 0 Å². The molecule has 0 radical (unpaired) electrons. The van der Waals surface area contributed by atoms with Gasteiger partial charge in [0.05, 0.1) is 21.7 Å². The van der Waals surface area contributed by atoms with Crippen molar-refractivity contribution in [3.8, 4) is 0 Å². The van der Waals surface area contributed by atoms with Crippen molar-refractivity contribution in [3.05, 3.63) is 58.6 Å². The number of aromatic amines is 1. The topological polar surface area (TPSA) is 44.8 Å². The van der Waals surface area contributed by atoms with Gasteiger partial charge in [0.1, 0.15) is 5.69 Å². The molecule has 0 bridgehead atoms. The Morgan fingerprint density at radius 2 is 1.58 bits per heavy atom. The van der Waals surface area contributed by atoms with E-state index in [1.807, 2.05) is 5.10 Å². The van der Waals surface area contributed by atoms with E-state index >= 15 is 0 Å². The molecular weight excluding hydrogens is 469 g/mol. The number of hydrogen-bond acceptors (Lipinski definition) is 3. The van der Waals surface area contributed by atoms with Crippen molar-refractivity contribution >= 4 is 34.5 Å². The summed E-state index contributed by atoms with van der Waals surface area (Å²) in [5, 5.41) is 5.39. The summed E-state index contributed by atoms with van der Waals surface area (Å²) in [5.74, 6) is 0. The van der Waals surface area contributed by atoms with Gasteiger partial charge in [0, 0.05) is 42.3 Å². The van der Waals surface area contributed by atoms with Gasteiger partial charge in [0.25, 0.3) is 0 Å². The highest BCUT2D eigenvalue weighted by Crippen LogP contribution is 2.41. The minimum atomic E-state index is -4.81. The van der Waals surface area contributed by atoms with Gasteiger partial charge < -0.3 is 4.90 Å². The van der Waals surface area contributed by atoms with E-state index in [1.165, 1.54) is 12.4 Å². The molecule has 12 heteroatoms. The maximum atomic E-state index is 13.5. The lowest BCUT2D eigenvalue weighted by molar-refractivity contribution is -0.214. The van der Waals surface area contributed by atoms with Crippen LogP contribution in [0.2, 0.25) is 10.0 Å². The molecule has 31 heavy (non-hydrogen) atoms. The lowest BCUT2D eigenvalue weighted by Gasteiger charge is -2.37. The van der Waals surface area contributed by atoms with E-state index in [0.717, 1.165) is 24.9 Å². The van der Waals surface area contributed by atoms with Gasteiger partial charge in [-0.2, -0.15) is 31.4 Å². The minimum absolute atomic E-state index is 0.0948. The van der Waals surface area contributed by atoms with Crippen LogP contribution >= 0.6 is 23.2 Å². The molecule has 0 spiro atoms. The van der Waals surface area contributed by atoms with Crippen molar-refractivity contribution in [1.29, 1.82) is 0 Å². The summed E-state index contributed by atoms with van der Waals surface area (Å²) in [6, 6.07) is 0. The smallest absolute Gasteiger partial charge is 0.366 e. The highest BCUT2D eigenvalue weighted by atomic mass is 35.5. The van der Waals surface area contributed by atoms with Crippen molar-refractivity contribution in [3.63, 3.8) is 0 Å². The van der Waals surface area contributed by atoms with Crippen LogP contribution in [-0.4, -0.2) is 39.3 Å². The molecule has 2 aromatic heterocycles. The average molecular weight is 487 g/mol. The maximum Gasteiger partial charge on any atom is 0.433 e. The Labute approximate surface area is 184 Å². The molecule has 0 aliphatic carbocycles. The van der Waals surface area contributed by atoms with Crippen LogP contribution < -0.4 is 0 Å². The number of halogens is 8. The first kappa shape index (κ1) is 25.1. The first-order valence-corrected chi connectivity index (χ1v) is 9.40. The zero-order valence-electron chi connectivity index (χ0n) is 16.4. The molecule has 2 heterocycles. The van der Waals surface area contributed by atoms with Crippen LogP contribution in [0.3, 0.4) is 0 Å². The van der Waals surface area contributed by atoms with Crippen molar-refractivity contribution in [1.82, 2.24) is 20.1 Å². The molecular formula is C19H18Cl2F6N4. The number of nitrogens with one attached hydrogen (secondary N) is 1. The van der Waals surface area contributed by atoms with Crippen LogP contribution in [0.4, 0.5) is 26.3 Å². The van der Waals surface area contributed by atoms with Gasteiger partial charge in [-0.1, -0.05) is 36.4 Å². The standard InChI is InChI=1S/C19H18Cl2F6N4/c1-10(15-13(20)6-28-7-14(15)21)8-31(9-17(3,4)19(25,26)27)11(2)12-5-29-30-16(12)18(22,23)24/h5-7H,1-2,8-9H2,3-4H3,(H,29,30). The van der Waals surface area contributed by atoms with E-state index in [-0.39, 0.29) is 33.4 Å². The summed E-state index contributed by atoms with van der Waals surface area (Å²) in [6.45, 7) is 8.24. The van der Waals surface area contributed by atoms with Crippen molar-refractivity contribution < 1.29 is 26.3 Å². The van der Waals surface area contributed by atoms with Crippen LogP contribution in [0.1, 0.15) is 30.7 Å². The second-order valence-electron chi connectivity index (χ2n) is 7.42. The predicted octanol–water partition coefficient (Wildman–Crippen LogP) is 6.70. The number of alkyl halides is 6. The molecule has 0 fully saturated rings. The number of pyridine rings is 1. The molecule has 170 valence electrons. The second kappa shape index (κ2) is 8.74. The Balaban J connectivity index is 2.48. The highest BCUT2D eigenvalue weighted by Gasteiger charge is 2.48. The zero-order valence-corrected chi connectivity index (χ0v) is 17.9. The molecule has 0 atom stereocenters. The van der Waals surface area contributed by atoms with Gasteiger partial charge in [-0.3, -0.25) is 10.1 Å². The number of rotatable bonds is 7. The Bertz CT molecular complexity index is 958. The average Bonchev–Trinajstić information content (AvgIpc) is 3.09. The normalized spacial score (nSPS) is 12.7. The predicted molar refractivity (Wildman–Crippen MR) is 107 cm³/mol. The number of aromatic nitrogens is 3. The Morgan fingerprint density at radius 3 is 2.06 bits per heavy atom. The number of H-pyrrole nitrogens is 1. The summed E-state index contributed by atoms with van der Waals surface area (Å²) in [7, 11) is 0. The van der Waals surface area contributed by atoms with Crippen LogP contribution in [0.5, 0.6) is 0 Å². The molecule has 0 unspecified atom stereocenters. The van der Waals surface area contributed by atoms with Gasteiger partial charge in [0.15, 0.2) is 0 Å². The van der Waals surface area contributed by atoms with Crippen LogP contribution in [0.25, 0.3) is 11.3 Å². The van der Waals surface area contributed by atoms with Gasteiger partial charge >= 0.3 is 12.4 Å². The fourth-order valence-electron chi connectivity index (χ4n) is 2.76. The van der Waals surface area contributed by atoms with Gasteiger partial charge in [-0.25, -0.2) is 0 Å². The van der Waals surface area contributed by atoms with E-state index in [1.54, 1.807) is 0 Å². The van der Waals surface area contributed by atoms with Crippen molar-refractivity contribution in [2.75, 3.05) is 13.1 Å². The molecule has 2 aromatic rings. The molecule has 0 saturated heterocycles. The molecule has 0 aliphatic rings. The molecule has 2 rings (SSSR count). The molecule has 0 aliphatic heterocycles. The Kier molecular flexibility index (Phi) is 7.07. The van der Waals surface area contributed by atoms with Crippen LogP contribution in [0, 0.1) is 5.41 Å². The summed E-state index contributed by atoms with van der Waals surface area (Å²) in [4.78, 5) is 4.83. The lowest BCUT2D eigenvalue weighted by Crippen LogP contribution is -2.43. The molecule has 1 N–H and O–H groups in total. The fraction of sp³-hybridized carbons (Fsp3) is 0.368. The largest absolute Gasteiger partial charge is 0.433 e. The second-order valence-corrected chi connectivity index (χ2v) is 8.24. The third-order valence-corrected chi connectivity index (χ3v) is 5.13. The monoisotopic (exact) mass is 486 g/mol. The summed E-state index contributed by atoms with van der Waals surface area (Å²) < 4.78 is 80.5. The molecule has 0 saturated carbocycles. The Hall–Kier alpha value is -2.20. The van der Waals surface area contributed by atoms with E-state index in [0.29, 0.717) is 0 Å². The zero-order chi connectivity index (χ0) is 23.8. The summed E-state index contributed by atoms with van der Waals surface area (Å²) in [6.07, 6.45) is -6.06. The molecule has 4 nitrogen and oxygen atoms in total. The molecule has 0 aromatic carbocycles. The van der Waals surface area contributed by atoms with Crippen LogP contribution in [-0.2, 0) is 6.18 Å². The van der Waals surface area contributed by atoms with Gasteiger partial charge in [-0.05, 0) is 19.4 Å². The van der Waals surface area contributed by atoms with E-state index in [9.17, 15) is 26.3 Å². The minimum Gasteiger partial charge on any atom is -0.366 e. The Morgan fingerprint density at radius 1 is 1.03 bits per heavy atom. The number of nitrogens with zero attached hydrogens (tertiary/aromatic N) is 3. The van der Waals surface area contributed by atoms with Crippen LogP contribution in [0.15, 0.2) is 31.7 Å². The highest BCUT2D eigenvalue weighted by molar-refractivity contribution is 6.37.